The summed E-state index contributed by atoms with van der Waals surface area (Å²) in [5.41, 5.74) is 1.73. The Labute approximate surface area is 105 Å². The van der Waals surface area contributed by atoms with E-state index in [2.05, 4.69) is 4.98 Å². The van der Waals surface area contributed by atoms with Crippen molar-refractivity contribution in [2.75, 3.05) is 0 Å². The summed E-state index contributed by atoms with van der Waals surface area (Å²) < 4.78 is 5.47. The van der Waals surface area contributed by atoms with Crippen LogP contribution in [-0.2, 0) is 6.61 Å². The van der Waals surface area contributed by atoms with E-state index in [-0.39, 0.29) is 11.4 Å². The molecule has 1 N–H and O–H groups in total. The van der Waals surface area contributed by atoms with Gasteiger partial charge in [0.2, 0.25) is 5.88 Å². The number of ether oxygens (including phenoxy) is 1. The Morgan fingerprint density at radius 1 is 1.28 bits per heavy atom. The molecule has 0 aliphatic carbocycles. The minimum absolute atomic E-state index is 0.119. The lowest BCUT2D eigenvalue weighted by Crippen LogP contribution is -2.07. The summed E-state index contributed by atoms with van der Waals surface area (Å²) >= 11 is 0. The summed E-state index contributed by atoms with van der Waals surface area (Å²) in [6, 6.07) is 11.2. The van der Waals surface area contributed by atoms with Gasteiger partial charge in [-0.3, -0.25) is 0 Å². The van der Waals surface area contributed by atoms with Crippen LogP contribution >= 0.6 is 0 Å². The Balaban J connectivity index is 2.20. The summed E-state index contributed by atoms with van der Waals surface area (Å²) in [4.78, 5) is 15.1. The molecule has 1 aromatic carbocycles. The van der Waals surface area contributed by atoms with E-state index in [1.165, 1.54) is 0 Å². The lowest BCUT2D eigenvalue weighted by molar-refractivity contribution is 0.0689. The van der Waals surface area contributed by atoms with Crippen molar-refractivity contribution in [1.29, 1.82) is 0 Å². The van der Waals surface area contributed by atoms with E-state index >= 15 is 0 Å². The molecule has 92 valence electrons. The number of hydrogen-bond acceptors (Lipinski definition) is 3. The van der Waals surface area contributed by atoms with Gasteiger partial charge < -0.3 is 9.84 Å². The average molecular weight is 243 g/mol. The van der Waals surface area contributed by atoms with Gasteiger partial charge in [0.05, 0.1) is 0 Å². The van der Waals surface area contributed by atoms with E-state index < -0.39 is 5.97 Å². The molecule has 0 atom stereocenters. The number of nitrogens with zero attached hydrogens (tertiary/aromatic N) is 1. The summed E-state index contributed by atoms with van der Waals surface area (Å²) in [6.45, 7) is 2.03. The second-order valence-electron chi connectivity index (χ2n) is 3.89. The van der Waals surface area contributed by atoms with Crippen molar-refractivity contribution < 1.29 is 14.6 Å². The highest BCUT2D eigenvalue weighted by Gasteiger charge is 2.15. The summed E-state index contributed by atoms with van der Waals surface area (Å²) in [5, 5.41) is 9.12. The monoisotopic (exact) mass is 243 g/mol. The molecular formula is C14H13NO3. The minimum Gasteiger partial charge on any atom is -0.477 e. The summed E-state index contributed by atoms with van der Waals surface area (Å²) in [7, 11) is 0. The molecule has 0 amide bonds. The molecule has 1 heterocycles. The Kier molecular flexibility index (Phi) is 3.57. The average Bonchev–Trinajstić information content (AvgIpc) is 2.37. The highest BCUT2D eigenvalue weighted by molar-refractivity contribution is 5.91. The van der Waals surface area contributed by atoms with Crippen molar-refractivity contribution in [2.45, 2.75) is 13.5 Å². The smallest absolute Gasteiger partial charge is 0.341 e. The van der Waals surface area contributed by atoms with E-state index in [0.29, 0.717) is 12.2 Å². The van der Waals surface area contributed by atoms with Gasteiger partial charge in [-0.1, -0.05) is 30.3 Å². The lowest BCUT2D eigenvalue weighted by atomic mass is 10.1. The molecule has 0 unspecified atom stereocenters. The molecule has 0 spiro atoms. The fourth-order valence-corrected chi connectivity index (χ4v) is 1.63. The number of aryl methyl sites for hydroxylation is 1. The zero-order valence-corrected chi connectivity index (χ0v) is 9.96. The SMILES string of the molecule is Cc1ccnc(OCc2ccccc2)c1C(=O)O. The largest absolute Gasteiger partial charge is 0.477 e. The first-order valence-corrected chi connectivity index (χ1v) is 5.54. The number of carboxylic acids is 1. The highest BCUT2D eigenvalue weighted by Crippen LogP contribution is 2.19. The molecule has 1 aromatic heterocycles. The maximum absolute atomic E-state index is 11.1. The van der Waals surface area contributed by atoms with Gasteiger partial charge in [-0.05, 0) is 24.1 Å². The number of carboxylic acid groups (broad SMARTS) is 1. The van der Waals surface area contributed by atoms with Gasteiger partial charge in [-0.15, -0.1) is 0 Å². The fraction of sp³-hybridized carbons (Fsp3) is 0.143. The number of hydrogen-bond donors (Lipinski definition) is 1. The van der Waals surface area contributed by atoms with Gasteiger partial charge in [0.1, 0.15) is 12.2 Å². The number of rotatable bonds is 4. The van der Waals surface area contributed by atoms with Gasteiger partial charge in [-0.2, -0.15) is 0 Å². The molecule has 0 saturated heterocycles. The number of benzene rings is 1. The molecule has 4 heteroatoms. The van der Waals surface area contributed by atoms with Gasteiger partial charge in [0.25, 0.3) is 0 Å². The molecule has 0 radical (unpaired) electrons. The number of pyridine rings is 1. The predicted octanol–water partition coefficient (Wildman–Crippen LogP) is 2.67. The molecule has 2 aromatic rings. The maximum atomic E-state index is 11.1. The Morgan fingerprint density at radius 3 is 2.67 bits per heavy atom. The van der Waals surface area contributed by atoms with Crippen LogP contribution < -0.4 is 4.74 Å². The van der Waals surface area contributed by atoms with Crippen LogP contribution in [0, 0.1) is 6.92 Å². The van der Waals surface area contributed by atoms with E-state index in [9.17, 15) is 4.79 Å². The second-order valence-corrected chi connectivity index (χ2v) is 3.89. The van der Waals surface area contributed by atoms with E-state index in [0.717, 1.165) is 5.56 Å². The molecule has 0 fully saturated rings. The van der Waals surface area contributed by atoms with Crippen LogP contribution in [0.2, 0.25) is 0 Å². The van der Waals surface area contributed by atoms with E-state index in [1.54, 1.807) is 19.2 Å². The van der Waals surface area contributed by atoms with Crippen molar-refractivity contribution in [3.63, 3.8) is 0 Å². The van der Waals surface area contributed by atoms with Gasteiger partial charge in [-0.25, -0.2) is 9.78 Å². The Bertz CT molecular complexity index is 552. The lowest BCUT2D eigenvalue weighted by Gasteiger charge is -2.09. The topological polar surface area (TPSA) is 59.4 Å². The third kappa shape index (κ3) is 2.66. The molecule has 0 bridgehead atoms. The zero-order valence-electron chi connectivity index (χ0n) is 9.96. The molecule has 18 heavy (non-hydrogen) atoms. The van der Waals surface area contributed by atoms with Crippen LogP contribution in [0.4, 0.5) is 0 Å². The van der Waals surface area contributed by atoms with Gasteiger partial charge in [0, 0.05) is 6.20 Å². The standard InChI is InChI=1S/C14H13NO3/c1-10-7-8-15-13(12(10)14(16)17)18-9-11-5-3-2-4-6-11/h2-8H,9H2,1H3,(H,16,17). The van der Waals surface area contributed by atoms with Gasteiger partial charge in [0.15, 0.2) is 0 Å². The molecule has 0 aliphatic rings. The quantitative estimate of drug-likeness (QED) is 0.896. The molecule has 4 nitrogen and oxygen atoms in total. The van der Waals surface area contributed by atoms with Crippen LogP contribution in [0.3, 0.4) is 0 Å². The third-order valence-corrected chi connectivity index (χ3v) is 2.56. The highest BCUT2D eigenvalue weighted by atomic mass is 16.5. The van der Waals surface area contributed by atoms with Gasteiger partial charge >= 0.3 is 5.97 Å². The third-order valence-electron chi connectivity index (χ3n) is 2.56. The number of carbonyl (C=O) groups is 1. The first-order chi connectivity index (χ1) is 8.68. The second kappa shape index (κ2) is 5.31. The van der Waals surface area contributed by atoms with E-state index in [1.807, 2.05) is 30.3 Å². The molecule has 0 saturated carbocycles. The summed E-state index contributed by atoms with van der Waals surface area (Å²) in [5.74, 6) is -0.866. The van der Waals surface area contributed by atoms with Crippen LogP contribution in [0.1, 0.15) is 21.5 Å². The first-order valence-electron chi connectivity index (χ1n) is 5.54. The van der Waals surface area contributed by atoms with Crippen molar-refractivity contribution in [2.24, 2.45) is 0 Å². The molecule has 0 aliphatic heterocycles. The van der Waals surface area contributed by atoms with Crippen molar-refractivity contribution in [3.05, 3.63) is 59.3 Å². The van der Waals surface area contributed by atoms with Crippen LogP contribution in [0.5, 0.6) is 5.88 Å². The zero-order chi connectivity index (χ0) is 13.0. The first kappa shape index (κ1) is 12.1. The Morgan fingerprint density at radius 2 is 2.00 bits per heavy atom. The van der Waals surface area contributed by atoms with Crippen molar-refractivity contribution in [3.8, 4) is 5.88 Å². The molecular weight excluding hydrogens is 230 g/mol. The molecule has 2 rings (SSSR count). The van der Waals surface area contributed by atoms with Crippen LogP contribution in [0.25, 0.3) is 0 Å². The number of aromatic nitrogens is 1. The van der Waals surface area contributed by atoms with E-state index in [4.69, 9.17) is 9.84 Å². The predicted molar refractivity (Wildman–Crippen MR) is 66.7 cm³/mol. The van der Waals surface area contributed by atoms with Crippen molar-refractivity contribution >= 4 is 5.97 Å². The van der Waals surface area contributed by atoms with Crippen molar-refractivity contribution in [1.82, 2.24) is 4.98 Å². The van der Waals surface area contributed by atoms with Crippen LogP contribution in [0.15, 0.2) is 42.6 Å². The Hall–Kier alpha value is -2.36. The minimum atomic E-state index is -1.02. The van der Waals surface area contributed by atoms with Crippen LogP contribution in [-0.4, -0.2) is 16.1 Å². The normalized spacial score (nSPS) is 10.1. The maximum Gasteiger partial charge on any atom is 0.341 e. The fourth-order valence-electron chi connectivity index (χ4n) is 1.63. The number of aromatic carboxylic acids is 1. The summed E-state index contributed by atoms with van der Waals surface area (Å²) in [6.07, 6.45) is 1.54.